The molecule has 0 saturated heterocycles. The molecule has 0 aliphatic carbocycles. The van der Waals surface area contributed by atoms with Gasteiger partial charge in [0.05, 0.1) is 25.2 Å². The Hall–Kier alpha value is -1.84. The van der Waals surface area contributed by atoms with Crippen molar-refractivity contribution in [2.75, 3.05) is 13.2 Å². The number of aliphatic carboxylic acids is 2. The molecule has 8 nitrogen and oxygen atoms in total. The summed E-state index contributed by atoms with van der Waals surface area (Å²) in [5, 5.41) is 19.7. The number of esters is 2. The van der Waals surface area contributed by atoms with Crippen LogP contribution in [-0.4, -0.2) is 58.2 Å². The van der Waals surface area contributed by atoms with Crippen LogP contribution in [0.25, 0.3) is 0 Å². The fraction of sp³-hybridized carbons (Fsp3) is 0.692. The zero-order chi connectivity index (χ0) is 27.2. The second-order valence-electron chi connectivity index (χ2n) is 7.51. The van der Waals surface area contributed by atoms with Gasteiger partial charge in [0.2, 0.25) is 0 Å². The number of hydrogen-bond donors (Lipinski definition) is 0. The van der Waals surface area contributed by atoms with Crippen molar-refractivity contribution in [2.45, 2.75) is 101 Å². The summed E-state index contributed by atoms with van der Waals surface area (Å²) < 4.78 is 12.6. The third kappa shape index (κ3) is 42.7. The number of unbranched alkanes of at least 4 members (excludes halogenated alkanes) is 6. The standard InChI is InChI=1S/2C9H14O4.2C4H9.Sn/c2*1-2-3-4-7-13-9(12)6-5-8(10)11;2*1-3-4-2;/h2*5-6H,2-4,7H2,1H3,(H,10,11);2*1,3-4H2,2H3;/q;;;;+2/p-2/b2*6-5-;;;. The van der Waals surface area contributed by atoms with E-state index >= 15 is 0 Å². The van der Waals surface area contributed by atoms with Crippen molar-refractivity contribution < 1.29 is 38.9 Å². The number of ether oxygens (including phenoxy) is 2. The molecule has 0 radical (unpaired) electrons. The molecule has 0 amide bonds. The Morgan fingerprint density at radius 2 is 0.914 bits per heavy atom. The molecule has 9 heteroatoms. The predicted octanol–water partition coefficient (Wildman–Crippen LogP) is 3.18. The maximum absolute atomic E-state index is 10.7. The van der Waals surface area contributed by atoms with Crippen molar-refractivity contribution in [3.8, 4) is 0 Å². The SMILES string of the molecule is CCCCCOC(=O)/C=C\C(=O)[O-].CCCCCOC(=O)/C=C\C(=O)[O-].CCC[CH2][Sn+2][CH2]CCC. The average molecular weight is 603 g/mol. The van der Waals surface area contributed by atoms with Gasteiger partial charge in [-0.2, -0.15) is 0 Å². The second kappa shape index (κ2) is 32.2. The molecule has 0 aliphatic heterocycles. The number of carboxylic acids is 2. The number of carbonyl (C=O) groups excluding carboxylic acids is 4. The van der Waals surface area contributed by atoms with Gasteiger partial charge in [0.1, 0.15) is 0 Å². The van der Waals surface area contributed by atoms with Crippen LogP contribution in [0.1, 0.15) is 91.9 Å². The summed E-state index contributed by atoms with van der Waals surface area (Å²) in [4.78, 5) is 41.2. The van der Waals surface area contributed by atoms with Crippen molar-refractivity contribution in [3.63, 3.8) is 0 Å². The van der Waals surface area contributed by atoms with Gasteiger partial charge in [-0.1, -0.05) is 39.5 Å². The van der Waals surface area contributed by atoms with Gasteiger partial charge in [0.25, 0.3) is 0 Å². The van der Waals surface area contributed by atoms with Gasteiger partial charge in [0.15, 0.2) is 0 Å². The van der Waals surface area contributed by atoms with Crippen molar-refractivity contribution in [1.29, 1.82) is 0 Å². The molecule has 0 spiro atoms. The summed E-state index contributed by atoms with van der Waals surface area (Å²) in [6.07, 6.45) is 14.6. The first-order valence-corrected chi connectivity index (χ1v) is 16.6. The molecular formula is C26H44O8Sn. The predicted molar refractivity (Wildman–Crippen MR) is 134 cm³/mol. The van der Waals surface area contributed by atoms with Crippen LogP contribution in [0.3, 0.4) is 0 Å². The molecule has 35 heavy (non-hydrogen) atoms. The molecular weight excluding hydrogens is 559 g/mol. The molecule has 0 fully saturated rings. The third-order valence-electron chi connectivity index (χ3n) is 4.11. The monoisotopic (exact) mass is 604 g/mol. The van der Waals surface area contributed by atoms with E-state index in [1.54, 1.807) is 8.87 Å². The Kier molecular flexibility index (Phi) is 34.6. The Morgan fingerprint density at radius 3 is 1.20 bits per heavy atom. The van der Waals surface area contributed by atoms with Crippen molar-refractivity contribution in [2.24, 2.45) is 0 Å². The first-order chi connectivity index (χ1) is 16.7. The van der Waals surface area contributed by atoms with Crippen LogP contribution >= 0.6 is 0 Å². The molecule has 0 heterocycles. The van der Waals surface area contributed by atoms with E-state index in [1.165, 1.54) is 25.7 Å². The first kappa shape index (κ1) is 37.7. The minimum atomic E-state index is -1.40. The van der Waals surface area contributed by atoms with Gasteiger partial charge in [-0.3, -0.25) is 0 Å². The van der Waals surface area contributed by atoms with E-state index in [2.05, 4.69) is 23.3 Å². The van der Waals surface area contributed by atoms with Crippen LogP contribution in [-0.2, 0) is 28.7 Å². The van der Waals surface area contributed by atoms with Gasteiger partial charge >= 0.3 is 81.5 Å². The van der Waals surface area contributed by atoms with E-state index in [4.69, 9.17) is 0 Å². The van der Waals surface area contributed by atoms with E-state index in [-0.39, 0.29) is 21.1 Å². The summed E-state index contributed by atoms with van der Waals surface area (Å²) in [7, 11) is 0. The third-order valence-corrected chi connectivity index (χ3v) is 8.15. The maximum atomic E-state index is 10.7. The quantitative estimate of drug-likeness (QED) is 0.101. The first-order valence-electron chi connectivity index (χ1n) is 12.6. The molecule has 200 valence electrons. The van der Waals surface area contributed by atoms with Crippen LogP contribution in [0.2, 0.25) is 8.87 Å². The second-order valence-corrected chi connectivity index (χ2v) is 11.8. The summed E-state index contributed by atoms with van der Waals surface area (Å²) in [6.45, 7) is 9.34. The average Bonchev–Trinajstić information content (AvgIpc) is 2.83. The number of carboxylic acid groups (broad SMARTS) is 2. The van der Waals surface area contributed by atoms with E-state index in [0.717, 1.165) is 50.7 Å². The topological polar surface area (TPSA) is 133 Å². The van der Waals surface area contributed by atoms with Gasteiger partial charge in [-0.15, -0.1) is 0 Å². The molecule has 0 aromatic heterocycles. The molecule has 0 unspecified atom stereocenters. The molecule has 0 aromatic rings. The summed E-state index contributed by atoms with van der Waals surface area (Å²) in [5.74, 6) is -4.07. The number of hydrogen-bond acceptors (Lipinski definition) is 8. The van der Waals surface area contributed by atoms with E-state index in [0.29, 0.717) is 25.4 Å². The van der Waals surface area contributed by atoms with Crippen LogP contribution < -0.4 is 10.2 Å². The fourth-order valence-corrected chi connectivity index (χ4v) is 6.31. The van der Waals surface area contributed by atoms with E-state index < -0.39 is 23.9 Å². The van der Waals surface area contributed by atoms with Crippen molar-refractivity contribution >= 4 is 45.0 Å². The molecule has 0 aliphatic rings. The Labute approximate surface area is 221 Å². The van der Waals surface area contributed by atoms with Crippen LogP contribution in [0.5, 0.6) is 0 Å². The van der Waals surface area contributed by atoms with Gasteiger partial charge in [0, 0.05) is 12.2 Å². The van der Waals surface area contributed by atoms with Crippen molar-refractivity contribution in [3.05, 3.63) is 24.3 Å². The van der Waals surface area contributed by atoms with Crippen LogP contribution in [0.15, 0.2) is 24.3 Å². The van der Waals surface area contributed by atoms with E-state index in [9.17, 15) is 29.4 Å². The zero-order valence-corrected chi connectivity index (χ0v) is 24.8. The zero-order valence-electron chi connectivity index (χ0n) is 22.0. The summed E-state index contributed by atoms with van der Waals surface area (Å²) in [5.41, 5.74) is 0. The molecule has 0 rings (SSSR count). The number of carbonyl (C=O) groups is 4. The fourth-order valence-electron chi connectivity index (χ4n) is 2.15. The Balaban J connectivity index is -0.000000448. The van der Waals surface area contributed by atoms with Gasteiger partial charge in [-0.25, -0.2) is 9.59 Å². The van der Waals surface area contributed by atoms with Crippen LogP contribution in [0, 0.1) is 0 Å². The minimum absolute atomic E-state index is 0.149. The Bertz CT molecular complexity index is 538. The van der Waals surface area contributed by atoms with Gasteiger partial charge < -0.3 is 29.3 Å². The molecule has 0 bridgehead atoms. The number of rotatable bonds is 18. The van der Waals surface area contributed by atoms with Crippen molar-refractivity contribution in [1.82, 2.24) is 0 Å². The molecule has 0 N–H and O–H groups in total. The van der Waals surface area contributed by atoms with Gasteiger partial charge in [-0.05, 0) is 25.0 Å². The molecule has 0 atom stereocenters. The van der Waals surface area contributed by atoms with Crippen LogP contribution in [0.4, 0.5) is 0 Å². The Morgan fingerprint density at radius 1 is 0.571 bits per heavy atom. The summed E-state index contributed by atoms with van der Waals surface area (Å²) in [6, 6.07) is 0. The molecule has 0 saturated carbocycles. The normalized spacial score (nSPS) is 9.94. The summed E-state index contributed by atoms with van der Waals surface area (Å²) >= 11 is 0.149. The van der Waals surface area contributed by atoms with E-state index in [1.807, 2.05) is 13.8 Å². The molecule has 0 aromatic carbocycles.